The van der Waals surface area contributed by atoms with Gasteiger partial charge >= 0.3 is 0 Å². The molecular weight excluding hydrogens is 320 g/mol. The first-order valence-corrected chi connectivity index (χ1v) is 10.7. The van der Waals surface area contributed by atoms with E-state index in [0.29, 0.717) is 0 Å². The van der Waals surface area contributed by atoms with E-state index in [0.717, 1.165) is 5.46 Å². The Labute approximate surface area is 165 Å². The van der Waals surface area contributed by atoms with E-state index >= 15 is 0 Å². The Morgan fingerprint density at radius 1 is 0.692 bits per heavy atom. The molecule has 0 saturated carbocycles. The van der Waals surface area contributed by atoms with Gasteiger partial charge in [0, 0.05) is 0 Å². The largest absolute Gasteiger partial charge is 0.369 e. The fourth-order valence-corrected chi connectivity index (χ4v) is 2.39. The van der Waals surface area contributed by atoms with Crippen LogP contribution >= 0.6 is 0 Å². The highest BCUT2D eigenvalue weighted by Gasteiger charge is 1.90. The van der Waals surface area contributed by atoms with E-state index in [2.05, 4.69) is 27.7 Å². The van der Waals surface area contributed by atoms with E-state index in [9.17, 15) is 4.39 Å². The Morgan fingerprint density at radius 2 is 1.08 bits per heavy atom. The first kappa shape index (κ1) is 29.9. The van der Waals surface area contributed by atoms with Crippen molar-refractivity contribution < 1.29 is 4.39 Å². The first-order valence-electron chi connectivity index (χ1n) is 10.7. The zero-order chi connectivity index (χ0) is 19.2. The molecule has 1 radical (unpaired) electrons. The van der Waals surface area contributed by atoms with Crippen LogP contribution in [-0.4, -0.2) is 7.28 Å². The highest BCUT2D eigenvalue weighted by molar-refractivity contribution is 6.51. The maximum atomic E-state index is 12.3. The Balaban J connectivity index is -0.000000301. The lowest BCUT2D eigenvalue weighted by molar-refractivity contribution is 0.624. The second kappa shape index (κ2) is 26.4. The van der Waals surface area contributed by atoms with Gasteiger partial charge in [-0.1, -0.05) is 129 Å². The van der Waals surface area contributed by atoms with E-state index < -0.39 is 0 Å². The van der Waals surface area contributed by atoms with Gasteiger partial charge < -0.3 is 6.15 Å². The number of unbranched alkanes of at least 4 members (excludes halogenated alkanes) is 10. The highest BCUT2D eigenvalue weighted by Crippen LogP contribution is 2.04. The number of hydrogen-bond acceptors (Lipinski definition) is 0. The molecule has 0 bridgehead atoms. The molecule has 0 fully saturated rings. The predicted octanol–water partition coefficient (Wildman–Crippen LogP) is 8.31. The summed E-state index contributed by atoms with van der Waals surface area (Å²) in [6, 6.07) is 6.50. The molecule has 1 aromatic carbocycles. The molecule has 4 N–H and O–H groups in total. The summed E-state index contributed by atoms with van der Waals surface area (Å²) in [6.07, 6.45) is 17.0. The SMILES string of the molecule is CCCCCCCC.CCCCCCCC.C[B]c1cccc(F)c1.[NH4+]. The van der Waals surface area contributed by atoms with Gasteiger partial charge in [0.05, 0.1) is 0 Å². The van der Waals surface area contributed by atoms with Crippen molar-refractivity contribution in [1.29, 1.82) is 0 Å². The summed E-state index contributed by atoms with van der Waals surface area (Å²) in [7, 11) is 1.86. The Morgan fingerprint density at radius 3 is 1.31 bits per heavy atom. The summed E-state index contributed by atoms with van der Waals surface area (Å²) in [4.78, 5) is 0. The van der Waals surface area contributed by atoms with Crippen LogP contribution in [0, 0.1) is 5.82 Å². The Hall–Kier alpha value is -0.825. The summed E-state index contributed by atoms with van der Waals surface area (Å²) >= 11 is 0. The van der Waals surface area contributed by atoms with Crippen molar-refractivity contribution in [3.05, 3.63) is 30.1 Å². The van der Waals surface area contributed by atoms with Crippen molar-refractivity contribution in [2.75, 3.05) is 0 Å². The molecule has 3 heteroatoms. The lowest BCUT2D eigenvalue weighted by atomic mass is 9.73. The monoisotopic (exact) mass is 367 g/mol. The van der Waals surface area contributed by atoms with Crippen molar-refractivity contribution in [2.45, 2.75) is 112 Å². The molecule has 0 unspecified atom stereocenters. The molecule has 1 aromatic rings. The minimum absolute atomic E-state index is 0. The molecule has 0 aliphatic rings. The zero-order valence-corrected chi connectivity index (χ0v) is 18.7. The molecule has 0 atom stereocenters. The average Bonchev–Trinajstić information content (AvgIpc) is 2.64. The number of hydrogen-bond donors (Lipinski definition) is 1. The van der Waals surface area contributed by atoms with E-state index in [1.54, 1.807) is 6.07 Å². The topological polar surface area (TPSA) is 36.5 Å². The predicted molar refractivity (Wildman–Crippen MR) is 122 cm³/mol. The molecule has 0 spiro atoms. The third kappa shape index (κ3) is 25.4. The van der Waals surface area contributed by atoms with E-state index in [1.807, 2.05) is 20.2 Å². The third-order valence-corrected chi connectivity index (χ3v) is 4.10. The number of halogens is 1. The van der Waals surface area contributed by atoms with Crippen molar-refractivity contribution in [1.82, 2.24) is 6.15 Å². The van der Waals surface area contributed by atoms with Crippen LogP contribution in [0.25, 0.3) is 0 Å². The molecule has 0 heterocycles. The van der Waals surface area contributed by atoms with Crippen LogP contribution in [0.4, 0.5) is 4.39 Å². The average molecular weight is 367 g/mol. The van der Waals surface area contributed by atoms with Gasteiger partial charge in [-0.05, 0) is 12.1 Å². The first-order chi connectivity index (χ1) is 12.2. The molecule has 26 heavy (non-hydrogen) atoms. The van der Waals surface area contributed by atoms with Crippen molar-refractivity contribution in [3.63, 3.8) is 0 Å². The second-order valence-corrected chi connectivity index (χ2v) is 6.67. The summed E-state index contributed by atoms with van der Waals surface area (Å²) in [5, 5.41) is 0. The van der Waals surface area contributed by atoms with Gasteiger partial charge in [0.2, 0.25) is 0 Å². The van der Waals surface area contributed by atoms with Gasteiger partial charge in [-0.25, -0.2) is 4.39 Å². The van der Waals surface area contributed by atoms with E-state index in [4.69, 9.17) is 0 Å². The van der Waals surface area contributed by atoms with Crippen LogP contribution in [-0.2, 0) is 0 Å². The number of rotatable bonds is 11. The summed E-state index contributed by atoms with van der Waals surface area (Å²) < 4.78 is 12.3. The summed E-state index contributed by atoms with van der Waals surface area (Å²) in [5.74, 6) is -0.175. The van der Waals surface area contributed by atoms with Crippen molar-refractivity contribution >= 4 is 12.7 Å². The molecular formula is C23H47BFN+. The molecule has 0 aliphatic heterocycles. The van der Waals surface area contributed by atoms with Gasteiger partial charge in [-0.2, -0.15) is 0 Å². The van der Waals surface area contributed by atoms with Crippen LogP contribution in [0.1, 0.15) is 105 Å². The van der Waals surface area contributed by atoms with E-state index in [-0.39, 0.29) is 12.0 Å². The normalized spacial score (nSPS) is 9.15. The fourth-order valence-electron chi connectivity index (χ4n) is 2.39. The lowest BCUT2D eigenvalue weighted by Crippen LogP contribution is -2.09. The zero-order valence-electron chi connectivity index (χ0n) is 18.7. The van der Waals surface area contributed by atoms with E-state index in [1.165, 1.54) is 89.2 Å². The standard InChI is InChI=1S/2C8H18.C7H7BF.H3N/c2*1-3-5-7-8-6-4-2;1-8-6-3-2-4-7(9)5-6;/h2*3-8H2,1-2H3;2-5H,1H3;1H3/p+1. The van der Waals surface area contributed by atoms with Crippen LogP contribution in [0.3, 0.4) is 0 Å². The smallest absolute Gasteiger partial charge is 0.148 e. The highest BCUT2D eigenvalue weighted by atomic mass is 19.1. The molecule has 0 saturated heterocycles. The van der Waals surface area contributed by atoms with Crippen molar-refractivity contribution in [2.24, 2.45) is 0 Å². The van der Waals surface area contributed by atoms with Crippen LogP contribution < -0.4 is 11.6 Å². The lowest BCUT2D eigenvalue weighted by Gasteiger charge is -1.93. The number of benzene rings is 1. The minimum atomic E-state index is -0.175. The number of quaternary nitrogens is 1. The fraction of sp³-hybridized carbons (Fsp3) is 0.739. The van der Waals surface area contributed by atoms with Crippen LogP contribution in [0.5, 0.6) is 0 Å². The summed E-state index contributed by atoms with van der Waals surface area (Å²) in [6.45, 7) is 10.9. The van der Waals surface area contributed by atoms with Gasteiger partial charge in [0.25, 0.3) is 0 Å². The van der Waals surface area contributed by atoms with Gasteiger partial charge in [-0.15, -0.1) is 0 Å². The maximum Gasteiger partial charge on any atom is 0.148 e. The maximum absolute atomic E-state index is 12.3. The summed E-state index contributed by atoms with van der Waals surface area (Å²) in [5.41, 5.74) is 0.926. The molecule has 0 amide bonds. The van der Waals surface area contributed by atoms with Crippen LogP contribution in [0.2, 0.25) is 6.82 Å². The quantitative estimate of drug-likeness (QED) is 0.301. The Kier molecular flexibility index (Phi) is 30.4. The molecule has 153 valence electrons. The van der Waals surface area contributed by atoms with Gasteiger partial charge in [0.15, 0.2) is 0 Å². The third-order valence-electron chi connectivity index (χ3n) is 4.10. The molecule has 1 nitrogen and oxygen atoms in total. The molecule has 1 rings (SSSR count). The second-order valence-electron chi connectivity index (χ2n) is 6.67. The molecule has 0 aliphatic carbocycles. The van der Waals surface area contributed by atoms with Crippen LogP contribution in [0.15, 0.2) is 24.3 Å². The Bertz CT molecular complexity index is 334. The van der Waals surface area contributed by atoms with Crippen molar-refractivity contribution in [3.8, 4) is 0 Å². The van der Waals surface area contributed by atoms with Gasteiger partial charge in [-0.3, -0.25) is 0 Å². The molecule has 0 aromatic heterocycles. The minimum Gasteiger partial charge on any atom is -0.369 e. The van der Waals surface area contributed by atoms with Gasteiger partial charge in [0.1, 0.15) is 13.1 Å².